The summed E-state index contributed by atoms with van der Waals surface area (Å²) in [7, 11) is 0. The molecule has 2 heterocycles. The van der Waals surface area contributed by atoms with E-state index in [1.54, 1.807) is 6.07 Å². The van der Waals surface area contributed by atoms with Crippen LogP contribution in [0.1, 0.15) is 44.9 Å². The second kappa shape index (κ2) is 6.27. The summed E-state index contributed by atoms with van der Waals surface area (Å²) in [6.45, 7) is 4.96. The molecule has 2 rings (SSSR count). The van der Waals surface area contributed by atoms with E-state index in [1.165, 1.54) is 25.0 Å². The summed E-state index contributed by atoms with van der Waals surface area (Å²) in [6.07, 6.45) is 3.92. The molecule has 0 saturated carbocycles. The molecule has 1 atom stereocenters. The maximum absolute atomic E-state index is 11.5. The molecule has 18 heavy (non-hydrogen) atoms. The minimum Gasteiger partial charge on any atom is -0.369 e. The minimum absolute atomic E-state index is 0.0764. The number of hydrogen-bond donors (Lipinski definition) is 2. The topological polar surface area (TPSA) is 57.8 Å². The van der Waals surface area contributed by atoms with Crippen molar-refractivity contribution in [2.24, 2.45) is 0 Å². The summed E-state index contributed by atoms with van der Waals surface area (Å²) in [5.74, 6) is 2.95. The van der Waals surface area contributed by atoms with E-state index in [0.29, 0.717) is 11.1 Å². The van der Waals surface area contributed by atoms with Gasteiger partial charge in [-0.2, -0.15) is 11.8 Å². The monoisotopic (exact) mass is 267 g/mol. The lowest BCUT2D eigenvalue weighted by atomic mass is 10.2. The van der Waals surface area contributed by atoms with Gasteiger partial charge in [0.1, 0.15) is 11.6 Å². The van der Waals surface area contributed by atoms with Gasteiger partial charge < -0.3 is 10.3 Å². The Labute approximate surface area is 112 Å². The Hall–Kier alpha value is -0.970. The number of nitrogens with zero attached hydrogens (tertiary/aromatic N) is 1. The van der Waals surface area contributed by atoms with Crippen LogP contribution in [0.4, 0.5) is 5.82 Å². The maximum atomic E-state index is 11.5. The molecule has 2 N–H and O–H groups in total. The Morgan fingerprint density at radius 1 is 1.56 bits per heavy atom. The molecule has 1 aliphatic rings. The number of anilines is 1. The van der Waals surface area contributed by atoms with Crippen LogP contribution in [0, 0.1) is 0 Å². The number of aromatic nitrogens is 2. The molecule has 0 bridgehead atoms. The van der Waals surface area contributed by atoms with Gasteiger partial charge in [0.05, 0.1) is 0 Å². The van der Waals surface area contributed by atoms with Crippen molar-refractivity contribution in [3.63, 3.8) is 0 Å². The Bertz CT molecular complexity index is 438. The zero-order valence-electron chi connectivity index (χ0n) is 11.0. The number of nitrogens with one attached hydrogen (secondary N) is 2. The van der Waals surface area contributed by atoms with Crippen LogP contribution in [0.5, 0.6) is 0 Å². The second-order valence-corrected chi connectivity index (χ2v) is 6.45. The van der Waals surface area contributed by atoms with Gasteiger partial charge >= 0.3 is 0 Å². The SMILES string of the molecule is CC(C)c1nc(NCC2CCCCS2)cc(=O)[nH]1. The van der Waals surface area contributed by atoms with E-state index in [1.807, 2.05) is 25.6 Å². The van der Waals surface area contributed by atoms with Crippen molar-refractivity contribution in [3.8, 4) is 0 Å². The first kappa shape index (κ1) is 13.5. The third-order valence-corrected chi connectivity index (χ3v) is 4.49. The molecule has 0 aromatic carbocycles. The van der Waals surface area contributed by atoms with Crippen LogP contribution in [0.3, 0.4) is 0 Å². The summed E-state index contributed by atoms with van der Waals surface area (Å²) < 4.78 is 0. The zero-order valence-corrected chi connectivity index (χ0v) is 11.8. The number of thioether (sulfide) groups is 1. The van der Waals surface area contributed by atoms with E-state index in [9.17, 15) is 4.79 Å². The van der Waals surface area contributed by atoms with Crippen LogP contribution in [-0.4, -0.2) is 27.5 Å². The molecule has 1 saturated heterocycles. The molecular weight excluding hydrogens is 246 g/mol. The summed E-state index contributed by atoms with van der Waals surface area (Å²) >= 11 is 2.02. The van der Waals surface area contributed by atoms with Gasteiger partial charge in [0.25, 0.3) is 5.56 Å². The summed E-state index contributed by atoms with van der Waals surface area (Å²) in [5, 5.41) is 3.95. The summed E-state index contributed by atoms with van der Waals surface area (Å²) in [4.78, 5) is 18.7. The molecule has 1 aromatic heterocycles. The van der Waals surface area contributed by atoms with Gasteiger partial charge in [0.15, 0.2) is 0 Å². The molecular formula is C13H21N3OS. The maximum Gasteiger partial charge on any atom is 0.252 e. The minimum atomic E-state index is -0.0764. The zero-order chi connectivity index (χ0) is 13.0. The van der Waals surface area contributed by atoms with E-state index in [2.05, 4.69) is 15.3 Å². The van der Waals surface area contributed by atoms with Crippen molar-refractivity contribution in [3.05, 3.63) is 22.2 Å². The second-order valence-electron chi connectivity index (χ2n) is 5.04. The smallest absolute Gasteiger partial charge is 0.252 e. The Morgan fingerprint density at radius 3 is 3.06 bits per heavy atom. The quantitative estimate of drug-likeness (QED) is 0.880. The number of aromatic amines is 1. The van der Waals surface area contributed by atoms with E-state index in [-0.39, 0.29) is 11.5 Å². The van der Waals surface area contributed by atoms with Gasteiger partial charge in [-0.3, -0.25) is 4.79 Å². The number of H-pyrrole nitrogens is 1. The van der Waals surface area contributed by atoms with Crippen LogP contribution in [0.15, 0.2) is 10.9 Å². The molecule has 1 fully saturated rings. The fourth-order valence-electron chi connectivity index (χ4n) is 2.03. The highest BCUT2D eigenvalue weighted by Crippen LogP contribution is 2.25. The van der Waals surface area contributed by atoms with Gasteiger partial charge in [-0.1, -0.05) is 20.3 Å². The normalized spacial score (nSPS) is 20.1. The van der Waals surface area contributed by atoms with E-state index in [0.717, 1.165) is 12.4 Å². The lowest BCUT2D eigenvalue weighted by molar-refractivity contribution is 0.676. The van der Waals surface area contributed by atoms with Crippen molar-refractivity contribution in [1.29, 1.82) is 0 Å². The van der Waals surface area contributed by atoms with Crippen molar-refractivity contribution >= 4 is 17.6 Å². The molecule has 0 aliphatic carbocycles. The van der Waals surface area contributed by atoms with Gasteiger partial charge in [-0.05, 0) is 18.6 Å². The molecule has 4 nitrogen and oxygen atoms in total. The predicted octanol–water partition coefficient (Wildman–Crippen LogP) is 2.59. The number of rotatable bonds is 4. The van der Waals surface area contributed by atoms with Crippen LogP contribution in [0.2, 0.25) is 0 Å². The highest BCUT2D eigenvalue weighted by Gasteiger charge is 2.14. The Morgan fingerprint density at radius 2 is 2.39 bits per heavy atom. The van der Waals surface area contributed by atoms with Gasteiger partial charge in [-0.15, -0.1) is 0 Å². The average molecular weight is 267 g/mol. The predicted molar refractivity (Wildman–Crippen MR) is 77.5 cm³/mol. The first-order chi connectivity index (χ1) is 8.65. The average Bonchev–Trinajstić information content (AvgIpc) is 2.37. The van der Waals surface area contributed by atoms with E-state index < -0.39 is 0 Å². The first-order valence-electron chi connectivity index (χ1n) is 6.62. The molecule has 100 valence electrons. The van der Waals surface area contributed by atoms with Crippen LogP contribution in [-0.2, 0) is 0 Å². The summed E-state index contributed by atoms with van der Waals surface area (Å²) in [6, 6.07) is 1.54. The van der Waals surface area contributed by atoms with Crippen molar-refractivity contribution in [2.75, 3.05) is 17.6 Å². The van der Waals surface area contributed by atoms with Crippen LogP contribution < -0.4 is 10.9 Å². The summed E-state index contributed by atoms with van der Waals surface area (Å²) in [5.41, 5.74) is -0.0764. The third-order valence-electron chi connectivity index (χ3n) is 3.09. The Kier molecular flexibility index (Phi) is 4.69. The van der Waals surface area contributed by atoms with Gasteiger partial charge in [-0.25, -0.2) is 4.98 Å². The van der Waals surface area contributed by atoms with Crippen LogP contribution in [0.25, 0.3) is 0 Å². The van der Waals surface area contributed by atoms with Crippen molar-refractivity contribution in [1.82, 2.24) is 9.97 Å². The lowest BCUT2D eigenvalue weighted by Crippen LogP contribution is -2.22. The van der Waals surface area contributed by atoms with Crippen molar-refractivity contribution in [2.45, 2.75) is 44.3 Å². The molecule has 0 amide bonds. The van der Waals surface area contributed by atoms with Gasteiger partial charge in [0.2, 0.25) is 0 Å². The molecule has 0 radical (unpaired) electrons. The molecule has 0 spiro atoms. The number of hydrogen-bond acceptors (Lipinski definition) is 4. The molecule has 1 unspecified atom stereocenters. The van der Waals surface area contributed by atoms with Crippen molar-refractivity contribution < 1.29 is 0 Å². The molecule has 5 heteroatoms. The van der Waals surface area contributed by atoms with E-state index in [4.69, 9.17) is 0 Å². The highest BCUT2D eigenvalue weighted by molar-refractivity contribution is 7.99. The fraction of sp³-hybridized carbons (Fsp3) is 0.692. The lowest BCUT2D eigenvalue weighted by Gasteiger charge is -2.21. The third kappa shape index (κ3) is 3.77. The standard InChI is InChI=1S/C13H21N3OS/c1-9(2)13-15-11(7-12(17)16-13)14-8-10-5-3-4-6-18-10/h7,9-10H,3-6,8H2,1-2H3,(H2,14,15,16,17). The Balaban J connectivity index is 1.97. The first-order valence-corrected chi connectivity index (χ1v) is 7.67. The molecule has 1 aliphatic heterocycles. The van der Waals surface area contributed by atoms with Crippen LogP contribution >= 0.6 is 11.8 Å². The highest BCUT2D eigenvalue weighted by atomic mass is 32.2. The fourth-order valence-corrected chi connectivity index (χ4v) is 3.27. The largest absolute Gasteiger partial charge is 0.369 e. The van der Waals surface area contributed by atoms with Gasteiger partial charge in [0, 0.05) is 23.8 Å². The molecule has 1 aromatic rings. The van der Waals surface area contributed by atoms with E-state index >= 15 is 0 Å².